The smallest absolute Gasteiger partial charge is 0.336 e. The van der Waals surface area contributed by atoms with Crippen LogP contribution in [0, 0.1) is 0 Å². The maximum absolute atomic E-state index is 11.4. The first-order valence-electron chi connectivity index (χ1n) is 9.10. The molecule has 0 amide bonds. The molecule has 1 fully saturated rings. The quantitative estimate of drug-likeness (QED) is 0.742. The van der Waals surface area contributed by atoms with Gasteiger partial charge in [0.25, 0.3) is 0 Å². The molecule has 1 aliphatic rings. The third-order valence-corrected chi connectivity index (χ3v) is 4.97. The summed E-state index contributed by atoms with van der Waals surface area (Å²) in [4.78, 5) is 22.4. The lowest BCUT2D eigenvalue weighted by Crippen LogP contribution is -2.34. The fraction of sp³-hybridized carbons (Fsp3) is 0.286. The Balaban J connectivity index is 1.48. The maximum atomic E-state index is 11.4. The topological polar surface area (TPSA) is 79.5 Å². The van der Waals surface area contributed by atoms with Crippen molar-refractivity contribution in [2.45, 2.75) is 25.3 Å². The van der Waals surface area contributed by atoms with Gasteiger partial charge in [-0.15, -0.1) is 0 Å². The minimum absolute atomic E-state index is 0.249. The molecule has 3 heterocycles. The molecule has 2 aromatic heterocycles. The van der Waals surface area contributed by atoms with Crippen molar-refractivity contribution in [1.29, 1.82) is 0 Å². The van der Waals surface area contributed by atoms with E-state index >= 15 is 0 Å². The third kappa shape index (κ3) is 3.90. The van der Waals surface area contributed by atoms with Crippen LogP contribution in [-0.4, -0.2) is 39.0 Å². The highest BCUT2D eigenvalue weighted by atomic mass is 16.4. The Morgan fingerprint density at radius 1 is 1.22 bits per heavy atom. The first-order chi connectivity index (χ1) is 13.2. The summed E-state index contributed by atoms with van der Waals surface area (Å²) in [6, 6.07) is 10.7. The van der Waals surface area contributed by atoms with Crippen molar-refractivity contribution < 1.29 is 14.3 Å². The number of piperidine rings is 1. The van der Waals surface area contributed by atoms with Crippen LogP contribution < -0.4 is 0 Å². The predicted molar refractivity (Wildman–Crippen MR) is 100 cm³/mol. The number of nitrogens with zero attached hydrogens (tertiary/aromatic N) is 3. The second-order valence-corrected chi connectivity index (χ2v) is 6.82. The van der Waals surface area contributed by atoms with E-state index in [1.165, 1.54) is 0 Å². The molecule has 1 atom stereocenters. The largest absolute Gasteiger partial charge is 0.478 e. The van der Waals surface area contributed by atoms with Gasteiger partial charge in [-0.05, 0) is 37.6 Å². The molecule has 0 aliphatic carbocycles. The molecular weight excluding hydrogens is 342 g/mol. The molecule has 27 heavy (non-hydrogen) atoms. The minimum atomic E-state index is -0.952. The molecule has 1 unspecified atom stereocenters. The summed E-state index contributed by atoms with van der Waals surface area (Å²) < 4.78 is 5.97. The van der Waals surface area contributed by atoms with Gasteiger partial charge in [-0.2, -0.15) is 0 Å². The van der Waals surface area contributed by atoms with Crippen LogP contribution in [0.2, 0.25) is 0 Å². The molecule has 1 aliphatic heterocycles. The number of furan rings is 1. The molecule has 6 nitrogen and oxygen atoms in total. The highest BCUT2D eigenvalue weighted by molar-refractivity contribution is 5.95. The van der Waals surface area contributed by atoms with Gasteiger partial charge in [-0.1, -0.05) is 18.2 Å². The molecule has 0 radical (unpaired) electrons. The lowest BCUT2D eigenvalue weighted by atomic mass is 9.95. The third-order valence-electron chi connectivity index (χ3n) is 4.97. The number of carbonyl (C=O) groups is 1. The van der Waals surface area contributed by atoms with Crippen molar-refractivity contribution >= 4 is 5.97 Å². The number of hydrogen-bond acceptors (Lipinski definition) is 5. The fourth-order valence-electron chi connectivity index (χ4n) is 3.67. The van der Waals surface area contributed by atoms with E-state index in [2.05, 4.69) is 14.9 Å². The average molecular weight is 363 g/mol. The lowest BCUT2D eigenvalue weighted by molar-refractivity contribution is 0.0697. The summed E-state index contributed by atoms with van der Waals surface area (Å²) in [5.74, 6) is 0.858. The fourth-order valence-corrected chi connectivity index (χ4v) is 3.67. The van der Waals surface area contributed by atoms with Gasteiger partial charge in [-0.25, -0.2) is 4.79 Å². The van der Waals surface area contributed by atoms with E-state index in [-0.39, 0.29) is 5.56 Å². The van der Waals surface area contributed by atoms with Gasteiger partial charge >= 0.3 is 5.97 Å². The van der Waals surface area contributed by atoms with Crippen LogP contribution in [0.5, 0.6) is 0 Å². The van der Waals surface area contributed by atoms with E-state index in [1.54, 1.807) is 30.6 Å². The Bertz CT molecular complexity index is 923. The number of aromatic nitrogens is 2. The number of rotatable bonds is 5. The standard InChI is InChI=1S/C21H21N3O3/c25-21(26)18-6-2-1-5-17(18)20-8-7-16(27-20)14-24-11-3-4-15(13-24)19-12-22-9-10-23-19/h1-2,5-10,12,15H,3-4,11,13-14H2,(H,25,26). The van der Waals surface area contributed by atoms with Crippen LogP contribution in [0.1, 0.15) is 40.6 Å². The number of likely N-dealkylation sites (tertiary alicyclic amines) is 1. The van der Waals surface area contributed by atoms with Crippen molar-refractivity contribution in [3.05, 3.63) is 72.0 Å². The summed E-state index contributed by atoms with van der Waals surface area (Å²) in [6.45, 7) is 2.63. The van der Waals surface area contributed by atoms with E-state index in [4.69, 9.17) is 4.42 Å². The highest BCUT2D eigenvalue weighted by Gasteiger charge is 2.23. The van der Waals surface area contributed by atoms with Gasteiger partial charge in [0.05, 0.1) is 17.8 Å². The summed E-state index contributed by atoms with van der Waals surface area (Å²) in [7, 11) is 0. The van der Waals surface area contributed by atoms with Crippen LogP contribution in [0.25, 0.3) is 11.3 Å². The predicted octanol–water partition coefficient (Wildman–Crippen LogP) is 3.81. The highest BCUT2D eigenvalue weighted by Crippen LogP contribution is 2.29. The van der Waals surface area contributed by atoms with Gasteiger partial charge in [0.15, 0.2) is 0 Å². The molecule has 6 heteroatoms. The number of carboxylic acid groups (broad SMARTS) is 1. The Kier molecular flexibility index (Phi) is 4.98. The normalized spacial score (nSPS) is 17.7. The summed E-state index contributed by atoms with van der Waals surface area (Å²) in [5, 5.41) is 9.37. The molecule has 0 saturated carbocycles. The molecule has 138 valence electrons. The van der Waals surface area contributed by atoms with Crippen LogP contribution in [0.4, 0.5) is 0 Å². The number of benzene rings is 1. The summed E-state index contributed by atoms with van der Waals surface area (Å²) >= 11 is 0. The zero-order chi connectivity index (χ0) is 18.6. The van der Waals surface area contributed by atoms with Gasteiger partial charge in [-0.3, -0.25) is 14.9 Å². The number of hydrogen-bond donors (Lipinski definition) is 1. The molecule has 1 aromatic carbocycles. The van der Waals surface area contributed by atoms with Crippen molar-refractivity contribution in [3.63, 3.8) is 0 Å². The molecule has 0 bridgehead atoms. The van der Waals surface area contributed by atoms with Crippen molar-refractivity contribution in [1.82, 2.24) is 14.9 Å². The Hall–Kier alpha value is -2.99. The molecule has 0 spiro atoms. The maximum Gasteiger partial charge on any atom is 0.336 e. The van der Waals surface area contributed by atoms with Crippen LogP contribution in [0.15, 0.2) is 59.4 Å². The van der Waals surface area contributed by atoms with Gasteiger partial charge < -0.3 is 9.52 Å². The van der Waals surface area contributed by atoms with Gasteiger partial charge in [0, 0.05) is 36.6 Å². The second kappa shape index (κ2) is 7.72. The van der Waals surface area contributed by atoms with Crippen LogP contribution in [0.3, 0.4) is 0 Å². The zero-order valence-corrected chi connectivity index (χ0v) is 14.9. The molecule has 1 saturated heterocycles. The van der Waals surface area contributed by atoms with Gasteiger partial charge in [0.2, 0.25) is 0 Å². The van der Waals surface area contributed by atoms with E-state index in [0.29, 0.717) is 23.8 Å². The lowest BCUT2D eigenvalue weighted by Gasteiger charge is -2.31. The number of carboxylic acids is 1. The summed E-state index contributed by atoms with van der Waals surface area (Å²) in [6.07, 6.45) is 7.51. The molecular formula is C21H21N3O3. The monoisotopic (exact) mass is 363 g/mol. The Labute approximate surface area is 157 Å². The average Bonchev–Trinajstić information content (AvgIpc) is 3.17. The first kappa shape index (κ1) is 17.4. The van der Waals surface area contributed by atoms with E-state index in [0.717, 1.165) is 37.4 Å². The molecule has 4 rings (SSSR count). The second-order valence-electron chi connectivity index (χ2n) is 6.82. The van der Waals surface area contributed by atoms with Crippen molar-refractivity contribution in [2.24, 2.45) is 0 Å². The Morgan fingerprint density at radius 2 is 2.11 bits per heavy atom. The Morgan fingerprint density at radius 3 is 2.93 bits per heavy atom. The number of aromatic carboxylic acids is 1. The minimum Gasteiger partial charge on any atom is -0.478 e. The molecule has 3 aromatic rings. The first-order valence-corrected chi connectivity index (χ1v) is 9.10. The van der Waals surface area contributed by atoms with E-state index < -0.39 is 5.97 Å². The summed E-state index contributed by atoms with van der Waals surface area (Å²) in [5.41, 5.74) is 1.89. The van der Waals surface area contributed by atoms with Crippen molar-refractivity contribution in [2.75, 3.05) is 13.1 Å². The SMILES string of the molecule is O=C(O)c1ccccc1-c1ccc(CN2CCCC(c3cnccn3)C2)o1. The van der Waals surface area contributed by atoms with Crippen molar-refractivity contribution in [3.8, 4) is 11.3 Å². The van der Waals surface area contributed by atoms with Crippen LogP contribution in [-0.2, 0) is 6.54 Å². The molecule has 1 N–H and O–H groups in total. The van der Waals surface area contributed by atoms with E-state index in [1.807, 2.05) is 24.4 Å². The zero-order valence-electron chi connectivity index (χ0n) is 14.9. The van der Waals surface area contributed by atoms with Gasteiger partial charge in [0.1, 0.15) is 11.5 Å². The van der Waals surface area contributed by atoms with E-state index in [9.17, 15) is 9.90 Å². The van der Waals surface area contributed by atoms with Crippen LogP contribution >= 0.6 is 0 Å².